The van der Waals surface area contributed by atoms with E-state index in [1.165, 1.54) is 5.56 Å². The Morgan fingerprint density at radius 3 is 2.92 bits per heavy atom. The first-order valence-electron chi connectivity index (χ1n) is 8.69. The van der Waals surface area contributed by atoms with E-state index in [0.29, 0.717) is 12.5 Å². The molecule has 0 atom stereocenters. The van der Waals surface area contributed by atoms with Crippen LogP contribution in [0.5, 0.6) is 0 Å². The molecule has 6 nitrogen and oxygen atoms in total. The summed E-state index contributed by atoms with van der Waals surface area (Å²) >= 11 is 0. The normalized spacial score (nSPS) is 14.6. The molecule has 0 aliphatic carbocycles. The van der Waals surface area contributed by atoms with Gasteiger partial charge in [0.05, 0.1) is 5.69 Å². The van der Waals surface area contributed by atoms with Crippen LogP contribution < -0.4 is 16.4 Å². The SMILES string of the molecule is CC1(C)CNc2ncc(-c3ccnc(Nc4cccc(CN)c4)n3)cc21. The Morgan fingerprint density at radius 2 is 2.08 bits per heavy atom. The summed E-state index contributed by atoms with van der Waals surface area (Å²) in [6, 6.07) is 12.0. The minimum absolute atomic E-state index is 0.0646. The summed E-state index contributed by atoms with van der Waals surface area (Å²) in [4.78, 5) is 13.5. The fraction of sp³-hybridized carbons (Fsp3) is 0.250. The zero-order valence-corrected chi connectivity index (χ0v) is 15.0. The molecule has 1 aromatic carbocycles. The van der Waals surface area contributed by atoms with E-state index >= 15 is 0 Å². The summed E-state index contributed by atoms with van der Waals surface area (Å²) in [5.74, 6) is 1.51. The van der Waals surface area contributed by atoms with Crippen molar-refractivity contribution in [3.8, 4) is 11.3 Å². The molecule has 0 fully saturated rings. The molecule has 3 aromatic rings. The maximum absolute atomic E-state index is 5.71. The molecule has 3 heterocycles. The number of nitrogens with zero attached hydrogens (tertiary/aromatic N) is 3. The van der Waals surface area contributed by atoms with Crippen molar-refractivity contribution in [1.29, 1.82) is 0 Å². The summed E-state index contributed by atoms with van der Waals surface area (Å²) in [7, 11) is 0. The fourth-order valence-electron chi connectivity index (χ4n) is 3.15. The Kier molecular flexibility index (Phi) is 4.05. The second kappa shape index (κ2) is 6.38. The maximum Gasteiger partial charge on any atom is 0.227 e. The lowest BCUT2D eigenvalue weighted by molar-refractivity contribution is 0.586. The highest BCUT2D eigenvalue weighted by atomic mass is 15.1. The van der Waals surface area contributed by atoms with Crippen LogP contribution in [0.15, 0.2) is 48.8 Å². The van der Waals surface area contributed by atoms with Crippen molar-refractivity contribution in [2.45, 2.75) is 25.8 Å². The van der Waals surface area contributed by atoms with Crippen molar-refractivity contribution in [3.63, 3.8) is 0 Å². The van der Waals surface area contributed by atoms with E-state index in [1.807, 2.05) is 36.5 Å². The lowest BCUT2D eigenvalue weighted by Crippen LogP contribution is -2.18. The van der Waals surface area contributed by atoms with E-state index < -0.39 is 0 Å². The van der Waals surface area contributed by atoms with Gasteiger partial charge in [0.25, 0.3) is 0 Å². The molecular weight excluding hydrogens is 324 g/mol. The molecule has 2 aromatic heterocycles. The molecule has 0 bridgehead atoms. The van der Waals surface area contributed by atoms with Crippen LogP contribution in [0, 0.1) is 0 Å². The van der Waals surface area contributed by atoms with Crippen molar-refractivity contribution >= 4 is 17.5 Å². The maximum atomic E-state index is 5.71. The highest BCUT2D eigenvalue weighted by molar-refractivity contribution is 5.67. The average Bonchev–Trinajstić information content (AvgIpc) is 2.96. The number of fused-ring (bicyclic) bond motifs is 1. The number of benzene rings is 1. The van der Waals surface area contributed by atoms with Crippen LogP contribution in [0.4, 0.5) is 17.5 Å². The fourth-order valence-corrected chi connectivity index (χ4v) is 3.15. The summed E-state index contributed by atoms with van der Waals surface area (Å²) in [5, 5.41) is 6.60. The third-order valence-corrected chi connectivity index (χ3v) is 4.68. The highest BCUT2D eigenvalue weighted by Gasteiger charge is 2.31. The predicted octanol–water partition coefficient (Wildman–Crippen LogP) is 3.44. The monoisotopic (exact) mass is 346 g/mol. The van der Waals surface area contributed by atoms with Gasteiger partial charge in [-0.25, -0.2) is 15.0 Å². The Balaban J connectivity index is 1.64. The van der Waals surface area contributed by atoms with Crippen LogP contribution in [0.25, 0.3) is 11.3 Å². The Bertz CT molecular complexity index is 951. The van der Waals surface area contributed by atoms with Crippen molar-refractivity contribution < 1.29 is 0 Å². The van der Waals surface area contributed by atoms with Gasteiger partial charge in [0.15, 0.2) is 0 Å². The second-order valence-electron chi connectivity index (χ2n) is 7.15. The van der Waals surface area contributed by atoms with Gasteiger partial charge in [-0.2, -0.15) is 0 Å². The molecule has 0 saturated heterocycles. The molecular formula is C20H22N6. The Morgan fingerprint density at radius 1 is 1.19 bits per heavy atom. The lowest BCUT2D eigenvalue weighted by Gasteiger charge is -2.17. The van der Waals surface area contributed by atoms with Crippen molar-refractivity contribution in [2.24, 2.45) is 5.73 Å². The van der Waals surface area contributed by atoms with Crippen LogP contribution in [0.3, 0.4) is 0 Å². The zero-order valence-electron chi connectivity index (χ0n) is 15.0. The summed E-state index contributed by atoms with van der Waals surface area (Å²) in [6.07, 6.45) is 3.61. The van der Waals surface area contributed by atoms with E-state index in [0.717, 1.165) is 34.9 Å². The third-order valence-electron chi connectivity index (χ3n) is 4.68. The van der Waals surface area contributed by atoms with Gasteiger partial charge in [0.1, 0.15) is 5.82 Å². The van der Waals surface area contributed by atoms with Gasteiger partial charge < -0.3 is 16.4 Å². The molecule has 0 saturated carbocycles. The van der Waals surface area contributed by atoms with Crippen molar-refractivity contribution in [1.82, 2.24) is 15.0 Å². The number of rotatable bonds is 4. The molecule has 6 heteroatoms. The quantitative estimate of drug-likeness (QED) is 0.670. The van der Waals surface area contributed by atoms with E-state index in [2.05, 4.69) is 45.5 Å². The topological polar surface area (TPSA) is 88.8 Å². The van der Waals surface area contributed by atoms with Gasteiger partial charge in [0.2, 0.25) is 5.95 Å². The van der Waals surface area contributed by atoms with E-state index in [1.54, 1.807) is 6.20 Å². The number of hydrogen-bond donors (Lipinski definition) is 3. The molecule has 0 unspecified atom stereocenters. The van der Waals surface area contributed by atoms with Crippen molar-refractivity contribution in [3.05, 3.63) is 59.9 Å². The Labute approximate surface area is 152 Å². The summed E-state index contributed by atoms with van der Waals surface area (Å²) < 4.78 is 0. The minimum Gasteiger partial charge on any atom is -0.369 e. The van der Waals surface area contributed by atoms with Crippen molar-refractivity contribution in [2.75, 3.05) is 17.2 Å². The molecule has 0 radical (unpaired) electrons. The molecule has 26 heavy (non-hydrogen) atoms. The largest absolute Gasteiger partial charge is 0.369 e. The molecule has 4 N–H and O–H groups in total. The van der Waals surface area contributed by atoms with Crippen LogP contribution in [0.1, 0.15) is 25.0 Å². The van der Waals surface area contributed by atoms with Crippen LogP contribution in [0.2, 0.25) is 0 Å². The number of aromatic nitrogens is 3. The highest BCUT2D eigenvalue weighted by Crippen LogP contribution is 2.36. The smallest absolute Gasteiger partial charge is 0.227 e. The zero-order chi connectivity index (χ0) is 18.1. The first kappa shape index (κ1) is 16.5. The number of nitrogens with two attached hydrogens (primary N) is 1. The van der Waals surface area contributed by atoms with Crippen LogP contribution in [-0.4, -0.2) is 21.5 Å². The number of anilines is 3. The predicted molar refractivity (Wildman–Crippen MR) is 104 cm³/mol. The van der Waals surface area contributed by atoms with Gasteiger partial charge in [-0.15, -0.1) is 0 Å². The molecule has 1 aliphatic rings. The van der Waals surface area contributed by atoms with Gasteiger partial charge in [-0.3, -0.25) is 0 Å². The van der Waals surface area contributed by atoms with E-state index in [9.17, 15) is 0 Å². The van der Waals surface area contributed by atoms with Gasteiger partial charge in [0, 0.05) is 47.7 Å². The number of pyridine rings is 1. The summed E-state index contributed by atoms with van der Waals surface area (Å²) in [5.41, 5.74) is 10.8. The molecule has 0 amide bonds. The van der Waals surface area contributed by atoms with E-state index in [-0.39, 0.29) is 5.41 Å². The molecule has 0 spiro atoms. The standard InChI is InChI=1S/C20H22N6/c1-20(2)12-24-18-16(20)9-14(11-23-18)17-6-7-22-19(26-17)25-15-5-3-4-13(8-15)10-21/h3-9,11H,10,12,21H2,1-2H3,(H,23,24)(H,22,25,26). The second-order valence-corrected chi connectivity index (χ2v) is 7.15. The Hall–Kier alpha value is -2.99. The first-order valence-corrected chi connectivity index (χ1v) is 8.69. The number of nitrogens with one attached hydrogen (secondary N) is 2. The molecule has 132 valence electrons. The van der Waals surface area contributed by atoms with Gasteiger partial charge in [-0.05, 0) is 29.8 Å². The summed E-state index contributed by atoms with van der Waals surface area (Å²) in [6.45, 7) is 5.83. The molecule has 4 rings (SSSR count). The first-order chi connectivity index (χ1) is 12.5. The lowest BCUT2D eigenvalue weighted by atomic mass is 9.87. The third kappa shape index (κ3) is 3.11. The average molecular weight is 346 g/mol. The van der Waals surface area contributed by atoms with E-state index in [4.69, 9.17) is 5.73 Å². The van der Waals surface area contributed by atoms with Gasteiger partial charge >= 0.3 is 0 Å². The molecule has 1 aliphatic heterocycles. The number of hydrogen-bond acceptors (Lipinski definition) is 6. The minimum atomic E-state index is 0.0646. The van der Waals surface area contributed by atoms with Gasteiger partial charge in [-0.1, -0.05) is 26.0 Å². The van der Waals surface area contributed by atoms with Crippen LogP contribution >= 0.6 is 0 Å². The van der Waals surface area contributed by atoms with Crippen LogP contribution in [-0.2, 0) is 12.0 Å².